The molecule has 1 aromatic carbocycles. The number of fused-ring (bicyclic) bond motifs is 1. The maximum Gasteiger partial charge on any atom is 0.339 e. The maximum absolute atomic E-state index is 12.6. The highest BCUT2D eigenvalue weighted by atomic mass is 32.2. The van der Waals surface area contributed by atoms with Crippen LogP contribution in [0.4, 0.5) is 0 Å². The van der Waals surface area contributed by atoms with E-state index in [-0.39, 0.29) is 12.2 Å². The SMILES string of the molecule is Cc1cc(CSc2ccccc2C(=O)OCc2cc(=O)n3ccsc3n2)no1. The van der Waals surface area contributed by atoms with E-state index in [1.165, 1.54) is 33.6 Å². The molecule has 4 rings (SSSR count). The van der Waals surface area contributed by atoms with Crippen LogP contribution in [0, 0.1) is 6.92 Å². The Bertz CT molecular complexity index is 1200. The molecular weight excluding hydrogens is 398 g/mol. The lowest BCUT2D eigenvalue weighted by Gasteiger charge is -2.08. The van der Waals surface area contributed by atoms with E-state index in [1.807, 2.05) is 25.1 Å². The fraction of sp³-hybridized carbons (Fsp3) is 0.158. The van der Waals surface area contributed by atoms with Gasteiger partial charge in [0.05, 0.1) is 17.0 Å². The van der Waals surface area contributed by atoms with Crippen molar-refractivity contribution in [2.75, 3.05) is 0 Å². The summed E-state index contributed by atoms with van der Waals surface area (Å²) in [5.74, 6) is 0.858. The van der Waals surface area contributed by atoms with Crippen LogP contribution in [0.3, 0.4) is 0 Å². The van der Waals surface area contributed by atoms with Gasteiger partial charge in [-0.15, -0.1) is 23.1 Å². The lowest BCUT2D eigenvalue weighted by atomic mass is 10.2. The van der Waals surface area contributed by atoms with Gasteiger partial charge in [0.25, 0.3) is 5.56 Å². The van der Waals surface area contributed by atoms with Crippen molar-refractivity contribution in [3.05, 3.63) is 81.0 Å². The van der Waals surface area contributed by atoms with Crippen molar-refractivity contribution in [2.24, 2.45) is 0 Å². The van der Waals surface area contributed by atoms with Gasteiger partial charge in [-0.2, -0.15) is 0 Å². The van der Waals surface area contributed by atoms with Crippen LogP contribution in [0.1, 0.15) is 27.5 Å². The zero-order chi connectivity index (χ0) is 19.5. The first-order valence-corrected chi connectivity index (χ1v) is 10.2. The first-order valence-electron chi connectivity index (χ1n) is 8.37. The van der Waals surface area contributed by atoms with E-state index in [9.17, 15) is 9.59 Å². The number of rotatable bonds is 6. The number of hydrogen-bond donors (Lipinski definition) is 0. The van der Waals surface area contributed by atoms with Crippen LogP contribution in [-0.2, 0) is 17.1 Å². The summed E-state index contributed by atoms with van der Waals surface area (Å²) in [5.41, 5.74) is 1.49. The van der Waals surface area contributed by atoms with Crippen molar-refractivity contribution in [2.45, 2.75) is 24.2 Å². The van der Waals surface area contributed by atoms with Gasteiger partial charge in [-0.05, 0) is 19.1 Å². The second-order valence-electron chi connectivity index (χ2n) is 5.93. The second-order valence-corrected chi connectivity index (χ2v) is 7.82. The number of nitrogens with zero attached hydrogens (tertiary/aromatic N) is 3. The minimum absolute atomic E-state index is 0.0655. The molecule has 0 atom stereocenters. The molecule has 0 amide bonds. The molecule has 0 aliphatic rings. The first kappa shape index (κ1) is 18.5. The highest BCUT2D eigenvalue weighted by molar-refractivity contribution is 7.98. The number of benzene rings is 1. The van der Waals surface area contributed by atoms with Gasteiger partial charge in [0.2, 0.25) is 0 Å². The molecule has 0 radical (unpaired) electrons. The molecule has 0 unspecified atom stereocenters. The maximum atomic E-state index is 12.6. The molecule has 0 spiro atoms. The fourth-order valence-corrected chi connectivity index (χ4v) is 4.24. The van der Waals surface area contributed by atoms with Gasteiger partial charge >= 0.3 is 5.97 Å². The van der Waals surface area contributed by atoms with Gasteiger partial charge in [-0.3, -0.25) is 9.20 Å². The quantitative estimate of drug-likeness (QED) is 0.352. The van der Waals surface area contributed by atoms with E-state index < -0.39 is 5.97 Å². The molecule has 0 aliphatic heterocycles. The molecule has 0 bridgehead atoms. The van der Waals surface area contributed by atoms with E-state index in [1.54, 1.807) is 23.7 Å². The number of thioether (sulfide) groups is 1. The summed E-state index contributed by atoms with van der Waals surface area (Å²) in [6, 6.07) is 10.4. The van der Waals surface area contributed by atoms with Gasteiger partial charge in [0, 0.05) is 34.4 Å². The Kier molecular flexibility index (Phi) is 5.27. The average Bonchev–Trinajstić information content (AvgIpc) is 3.33. The number of aromatic nitrogens is 3. The number of carbonyl (C=O) groups excluding carboxylic acids is 1. The highest BCUT2D eigenvalue weighted by Gasteiger charge is 2.15. The monoisotopic (exact) mass is 413 g/mol. The summed E-state index contributed by atoms with van der Waals surface area (Å²) in [7, 11) is 0. The van der Waals surface area contributed by atoms with Crippen LogP contribution in [-0.4, -0.2) is 20.5 Å². The summed E-state index contributed by atoms with van der Waals surface area (Å²) in [5, 5.41) is 5.74. The Labute approximate surface area is 168 Å². The van der Waals surface area contributed by atoms with Gasteiger partial charge in [-0.1, -0.05) is 17.3 Å². The summed E-state index contributed by atoms with van der Waals surface area (Å²) >= 11 is 2.83. The van der Waals surface area contributed by atoms with Gasteiger partial charge in [-0.25, -0.2) is 9.78 Å². The average molecular weight is 413 g/mol. The lowest BCUT2D eigenvalue weighted by Crippen LogP contribution is -2.15. The Balaban J connectivity index is 1.46. The summed E-state index contributed by atoms with van der Waals surface area (Å²) in [4.78, 5) is 30.3. The van der Waals surface area contributed by atoms with E-state index in [0.717, 1.165) is 16.3 Å². The Morgan fingerprint density at radius 2 is 2.14 bits per heavy atom. The number of esters is 1. The highest BCUT2D eigenvalue weighted by Crippen LogP contribution is 2.27. The van der Waals surface area contributed by atoms with Crippen molar-refractivity contribution in [1.29, 1.82) is 0 Å². The number of hydrogen-bond acceptors (Lipinski definition) is 8. The zero-order valence-electron chi connectivity index (χ0n) is 14.8. The standard InChI is InChI=1S/C19H15N3O4S2/c1-12-8-14(21-26-12)11-28-16-5-3-2-4-15(16)18(24)25-10-13-9-17(23)22-6-7-27-19(22)20-13/h2-9H,10-11H2,1H3. The minimum atomic E-state index is -0.465. The van der Waals surface area contributed by atoms with Crippen LogP contribution >= 0.6 is 23.1 Å². The first-order chi connectivity index (χ1) is 13.6. The normalized spacial score (nSPS) is 11.0. The van der Waals surface area contributed by atoms with Crippen molar-refractivity contribution in [3.63, 3.8) is 0 Å². The molecule has 0 fully saturated rings. The van der Waals surface area contributed by atoms with Gasteiger partial charge < -0.3 is 9.26 Å². The summed E-state index contributed by atoms with van der Waals surface area (Å²) in [6.07, 6.45) is 1.66. The molecule has 0 aliphatic carbocycles. The van der Waals surface area contributed by atoms with Gasteiger partial charge in [0.1, 0.15) is 12.4 Å². The molecule has 3 heterocycles. The third-order valence-corrected chi connectivity index (χ3v) is 5.73. The van der Waals surface area contributed by atoms with Crippen molar-refractivity contribution >= 4 is 34.0 Å². The predicted octanol–water partition coefficient (Wildman–Crippen LogP) is 3.70. The molecule has 4 aromatic rings. The fourth-order valence-electron chi connectivity index (χ4n) is 2.58. The van der Waals surface area contributed by atoms with Crippen LogP contribution in [0.5, 0.6) is 0 Å². The zero-order valence-corrected chi connectivity index (χ0v) is 16.5. The molecule has 0 saturated carbocycles. The van der Waals surface area contributed by atoms with E-state index in [2.05, 4.69) is 10.1 Å². The third-order valence-electron chi connectivity index (χ3n) is 3.87. The summed E-state index contributed by atoms with van der Waals surface area (Å²) < 4.78 is 11.9. The number of carbonyl (C=O) groups is 1. The minimum Gasteiger partial charge on any atom is -0.456 e. The molecule has 9 heteroatoms. The predicted molar refractivity (Wildman–Crippen MR) is 106 cm³/mol. The smallest absolute Gasteiger partial charge is 0.339 e. The molecular formula is C19H15N3O4S2. The van der Waals surface area contributed by atoms with Crippen molar-refractivity contribution < 1.29 is 14.1 Å². The Hall–Kier alpha value is -2.91. The van der Waals surface area contributed by atoms with Crippen LogP contribution in [0.25, 0.3) is 4.96 Å². The second kappa shape index (κ2) is 7.99. The topological polar surface area (TPSA) is 86.7 Å². The van der Waals surface area contributed by atoms with Crippen molar-refractivity contribution in [3.8, 4) is 0 Å². The van der Waals surface area contributed by atoms with Crippen LogP contribution in [0.15, 0.2) is 62.2 Å². The molecule has 7 nitrogen and oxygen atoms in total. The molecule has 142 valence electrons. The van der Waals surface area contributed by atoms with Crippen LogP contribution in [0.2, 0.25) is 0 Å². The van der Waals surface area contributed by atoms with E-state index >= 15 is 0 Å². The lowest BCUT2D eigenvalue weighted by molar-refractivity contribution is 0.0463. The van der Waals surface area contributed by atoms with Crippen LogP contribution < -0.4 is 5.56 Å². The molecule has 3 aromatic heterocycles. The Morgan fingerprint density at radius 1 is 1.29 bits per heavy atom. The summed E-state index contributed by atoms with van der Waals surface area (Å²) in [6.45, 7) is 1.77. The Morgan fingerprint density at radius 3 is 2.96 bits per heavy atom. The van der Waals surface area contributed by atoms with E-state index in [0.29, 0.717) is 22.0 Å². The largest absolute Gasteiger partial charge is 0.456 e. The number of ether oxygens (including phenoxy) is 1. The number of aryl methyl sites for hydroxylation is 1. The molecule has 0 saturated heterocycles. The van der Waals surface area contributed by atoms with Gasteiger partial charge in [0.15, 0.2) is 4.96 Å². The van der Waals surface area contributed by atoms with E-state index in [4.69, 9.17) is 9.26 Å². The molecule has 0 N–H and O–H groups in total. The molecule has 28 heavy (non-hydrogen) atoms. The number of thiazole rings is 1. The third kappa shape index (κ3) is 4.00. The van der Waals surface area contributed by atoms with Crippen molar-refractivity contribution in [1.82, 2.24) is 14.5 Å².